The number of aryl methyl sites for hydroxylation is 2. The maximum absolute atomic E-state index is 13.1. The highest BCUT2D eigenvalue weighted by atomic mass is 32.3. The van der Waals surface area contributed by atoms with E-state index in [4.69, 9.17) is 8.37 Å². The lowest BCUT2D eigenvalue weighted by Gasteiger charge is -2.09. The van der Waals surface area contributed by atoms with Crippen LogP contribution in [0.2, 0.25) is 0 Å². The fourth-order valence-corrected chi connectivity index (χ4v) is 8.76. The predicted octanol–water partition coefficient (Wildman–Crippen LogP) is 3.67. The van der Waals surface area contributed by atoms with Crippen LogP contribution in [-0.2, 0) is 39.9 Å². The smallest absolute Gasteiger partial charge is 0.379 e. The molecule has 0 aromatic heterocycles. The Morgan fingerprint density at radius 3 is 1.05 bits per heavy atom. The Bertz CT molecular complexity index is 2000. The summed E-state index contributed by atoms with van der Waals surface area (Å²) in [5.41, 5.74) is 11.1. The number of hydrogen-bond acceptors (Lipinski definition) is 10. The quantitative estimate of drug-likeness (QED) is 0.0884. The molecule has 0 amide bonds. The van der Waals surface area contributed by atoms with Crippen LogP contribution in [0, 0.1) is 13.8 Å². The molecule has 0 aliphatic carbocycles. The van der Waals surface area contributed by atoms with Gasteiger partial charge in [0.2, 0.25) is 0 Å². The average Bonchev–Trinajstić information content (AvgIpc) is 2.94. The molecule has 224 valence electrons. The van der Waals surface area contributed by atoms with Gasteiger partial charge in [-0.1, -0.05) is 35.4 Å². The minimum absolute atomic E-state index is 0.139. The van der Waals surface area contributed by atoms with Crippen LogP contribution in [0.25, 0.3) is 5.53 Å². The molecule has 0 saturated carbocycles. The molecule has 16 heteroatoms. The molecule has 0 aliphatic heterocycles. The van der Waals surface area contributed by atoms with Gasteiger partial charge in [-0.2, -0.15) is 16.8 Å². The molecule has 43 heavy (non-hydrogen) atoms. The van der Waals surface area contributed by atoms with Gasteiger partial charge in [-0.3, -0.25) is 0 Å². The van der Waals surface area contributed by atoms with Crippen molar-refractivity contribution < 1.29 is 46.8 Å². The van der Waals surface area contributed by atoms with Crippen LogP contribution in [0.15, 0.2) is 117 Å². The predicted molar refractivity (Wildman–Crippen MR) is 154 cm³/mol. The first kappa shape index (κ1) is 31.6. The summed E-state index contributed by atoms with van der Waals surface area (Å²) < 4.78 is 111. The molecular weight excluding hydrogens is 641 g/mol. The van der Waals surface area contributed by atoms with Crippen molar-refractivity contribution in [1.82, 2.24) is 0 Å². The Balaban J connectivity index is 1.55. The minimum Gasteiger partial charge on any atom is -0.379 e. The van der Waals surface area contributed by atoms with E-state index in [1.54, 1.807) is 38.1 Å². The first-order chi connectivity index (χ1) is 20.1. The van der Waals surface area contributed by atoms with Gasteiger partial charge in [0.25, 0.3) is 19.7 Å². The van der Waals surface area contributed by atoms with E-state index in [-0.39, 0.29) is 21.3 Å². The van der Waals surface area contributed by atoms with Crippen molar-refractivity contribution in [3.05, 3.63) is 114 Å². The third-order valence-corrected chi connectivity index (χ3v) is 12.5. The van der Waals surface area contributed by atoms with Crippen LogP contribution < -0.4 is 8.37 Å². The van der Waals surface area contributed by atoms with Gasteiger partial charge in [-0.15, -0.1) is 4.79 Å². The second-order valence-corrected chi connectivity index (χ2v) is 16.1. The van der Waals surface area contributed by atoms with E-state index in [2.05, 4.69) is 4.79 Å². The third kappa shape index (κ3) is 6.84. The summed E-state index contributed by atoms with van der Waals surface area (Å²) in [6, 6.07) is 19.1. The molecule has 4 aromatic rings. The molecule has 0 unspecified atom stereocenters. The largest absolute Gasteiger partial charge is 0.504 e. The van der Waals surface area contributed by atoms with E-state index in [1.807, 2.05) is 0 Å². The second-order valence-electron chi connectivity index (χ2n) is 9.02. The normalized spacial score (nSPS) is 12.2. The molecular formula is C27H22N2O10S4. The Kier molecular flexibility index (Phi) is 8.63. The van der Waals surface area contributed by atoms with Gasteiger partial charge in [0.05, 0.1) is 9.79 Å². The Morgan fingerprint density at radius 2 is 0.767 bits per heavy atom. The molecule has 0 radical (unpaired) electrons. The molecule has 0 heterocycles. The first-order valence-electron chi connectivity index (χ1n) is 12.0. The first-order valence-corrected chi connectivity index (χ1v) is 17.8. The minimum atomic E-state index is -4.97. The van der Waals surface area contributed by atoms with Crippen LogP contribution >= 0.6 is 0 Å². The van der Waals surface area contributed by atoms with E-state index in [0.29, 0.717) is 0 Å². The molecule has 0 spiro atoms. The number of hydrogen-bond donors (Lipinski definition) is 0. The van der Waals surface area contributed by atoms with Crippen molar-refractivity contribution in [2.45, 2.75) is 33.4 Å². The highest BCUT2D eigenvalue weighted by molar-refractivity contribution is 8.31. The van der Waals surface area contributed by atoms with Crippen LogP contribution in [0.3, 0.4) is 0 Å². The molecule has 12 nitrogen and oxygen atoms in total. The summed E-state index contributed by atoms with van der Waals surface area (Å²) in [6.07, 6.45) is 0. The van der Waals surface area contributed by atoms with E-state index >= 15 is 0 Å². The Labute approximate surface area is 248 Å². The highest BCUT2D eigenvalue weighted by Crippen LogP contribution is 2.26. The molecule has 0 saturated heterocycles. The molecule has 0 N–H and O–H groups in total. The van der Waals surface area contributed by atoms with E-state index in [1.165, 1.54) is 24.3 Å². The lowest BCUT2D eigenvalue weighted by atomic mass is 10.2. The summed E-state index contributed by atoms with van der Waals surface area (Å²) in [4.78, 5) is 0.959. The van der Waals surface area contributed by atoms with Crippen molar-refractivity contribution in [2.75, 3.05) is 0 Å². The SMILES string of the molecule is Cc1ccc(S(=O)(=O)Oc2ccc(S(=O)(=O)C(=[N+]=[N-])S(=O)(=O)c3ccc(OS(=O)(=O)c4ccc(C)cc4)cc3)cc2)cc1. The number of rotatable bonds is 8. The molecule has 0 atom stereocenters. The van der Waals surface area contributed by atoms with Gasteiger partial charge >= 0.3 is 24.6 Å². The van der Waals surface area contributed by atoms with E-state index < -0.39 is 54.1 Å². The lowest BCUT2D eigenvalue weighted by Crippen LogP contribution is -2.26. The number of sulfone groups is 2. The monoisotopic (exact) mass is 662 g/mol. The van der Waals surface area contributed by atoms with E-state index in [0.717, 1.165) is 59.7 Å². The van der Waals surface area contributed by atoms with Gasteiger partial charge in [0.1, 0.15) is 21.3 Å². The van der Waals surface area contributed by atoms with Crippen molar-refractivity contribution >= 4 is 44.3 Å². The van der Waals surface area contributed by atoms with Crippen LogP contribution in [0.1, 0.15) is 11.1 Å². The Morgan fingerprint density at radius 1 is 0.488 bits per heavy atom. The molecule has 0 bridgehead atoms. The fraction of sp³-hybridized carbons (Fsp3) is 0.0741. The zero-order valence-electron chi connectivity index (χ0n) is 22.3. The maximum Gasteiger partial charge on any atom is 0.504 e. The van der Waals surface area contributed by atoms with Gasteiger partial charge in [0.15, 0.2) is 0 Å². The number of benzene rings is 4. The third-order valence-electron chi connectivity index (χ3n) is 5.84. The van der Waals surface area contributed by atoms with Crippen LogP contribution in [0.5, 0.6) is 11.5 Å². The summed E-state index contributed by atoms with van der Waals surface area (Å²) in [5, 5.41) is 0. The van der Waals surface area contributed by atoms with Crippen LogP contribution in [0.4, 0.5) is 0 Å². The average molecular weight is 663 g/mol. The summed E-state index contributed by atoms with van der Waals surface area (Å²) in [7, 11) is -18.4. The molecule has 0 aliphatic rings. The van der Waals surface area contributed by atoms with Crippen LogP contribution in [-0.4, -0.2) is 42.8 Å². The van der Waals surface area contributed by atoms with Gasteiger partial charge < -0.3 is 13.9 Å². The number of nitrogens with zero attached hydrogens (tertiary/aromatic N) is 2. The maximum atomic E-state index is 13.1. The second kappa shape index (κ2) is 11.7. The standard InChI is InChI=1S/C27H22N2O10S4/c1-19-3-11-25(12-4-19)42(34,35)38-21-7-15-23(16-8-21)40(30,31)27(29-28)41(32,33)24-17-9-22(10-18-24)39-43(36,37)26-13-5-20(2)6-14-26/h3-18H,1-2H3. The molecule has 4 rings (SSSR count). The fourth-order valence-electron chi connectivity index (χ4n) is 3.56. The van der Waals surface area contributed by atoms with Gasteiger partial charge in [-0.25, -0.2) is 16.8 Å². The Hall–Kier alpha value is -4.34. The molecule has 4 aromatic carbocycles. The van der Waals surface area contributed by atoms with Crippen molar-refractivity contribution in [3.8, 4) is 11.5 Å². The molecule has 0 fully saturated rings. The summed E-state index contributed by atoms with van der Waals surface area (Å²) in [6.45, 7) is 3.54. The summed E-state index contributed by atoms with van der Waals surface area (Å²) in [5.74, 6) is -0.526. The van der Waals surface area contributed by atoms with E-state index in [9.17, 15) is 39.2 Å². The van der Waals surface area contributed by atoms with Crippen molar-refractivity contribution in [1.29, 1.82) is 0 Å². The summed E-state index contributed by atoms with van der Waals surface area (Å²) >= 11 is 0. The highest BCUT2D eigenvalue weighted by Gasteiger charge is 2.44. The van der Waals surface area contributed by atoms with Crippen molar-refractivity contribution in [3.63, 3.8) is 0 Å². The lowest BCUT2D eigenvalue weighted by molar-refractivity contribution is 0.00380. The zero-order valence-corrected chi connectivity index (χ0v) is 25.6. The topological polar surface area (TPSA) is 191 Å². The van der Waals surface area contributed by atoms with Gasteiger partial charge in [0, 0.05) is 0 Å². The van der Waals surface area contributed by atoms with Crippen molar-refractivity contribution in [2.24, 2.45) is 0 Å². The zero-order chi connectivity index (χ0) is 31.6. The van der Waals surface area contributed by atoms with Gasteiger partial charge in [-0.05, 0) is 86.6 Å².